The highest BCUT2D eigenvalue weighted by molar-refractivity contribution is 7.90. The Morgan fingerprint density at radius 1 is 0.929 bits per heavy atom. The zero-order chi connectivity index (χ0) is 20.3. The van der Waals surface area contributed by atoms with Crippen molar-refractivity contribution in [2.24, 2.45) is 9.39 Å². The summed E-state index contributed by atoms with van der Waals surface area (Å²) in [4.78, 5) is 16.5. The lowest BCUT2D eigenvalue weighted by atomic mass is 9.97. The molecule has 0 radical (unpaired) electrons. The molecule has 0 heterocycles. The van der Waals surface area contributed by atoms with Crippen LogP contribution in [0.4, 0.5) is 0 Å². The lowest BCUT2D eigenvalue weighted by molar-refractivity contribution is -0.112. The minimum Gasteiger partial charge on any atom is -0.289 e. The van der Waals surface area contributed by atoms with E-state index in [2.05, 4.69) is 9.39 Å². The number of Topliss-reactive ketones (excluding diaryl/α,β-unsaturated/α-hetero) is 1. The van der Waals surface area contributed by atoms with Crippen molar-refractivity contribution in [3.63, 3.8) is 0 Å². The number of carbonyl (C=O) groups excluding carboxylic acids is 1. The molecule has 0 unspecified atom stereocenters. The van der Waals surface area contributed by atoms with Crippen molar-refractivity contribution in [2.45, 2.75) is 18.7 Å². The summed E-state index contributed by atoms with van der Waals surface area (Å²) >= 11 is 6.29. The lowest BCUT2D eigenvalue weighted by Gasteiger charge is -2.13. The Labute approximate surface area is 168 Å². The standard InChI is InChI=1S/C21H17ClN2O3S/c1-14-13-18(19(22)15(2)20(14)25)23-21(16-9-5-3-6-10-16)24-28(26,27)17-11-7-4-8-12-17/h3-13H,1-2H3/b23-18?,24-21-. The molecule has 3 rings (SSSR count). The number of carbonyl (C=O) groups is 1. The Hall–Kier alpha value is -2.83. The summed E-state index contributed by atoms with van der Waals surface area (Å²) in [6, 6.07) is 16.6. The average Bonchev–Trinajstić information content (AvgIpc) is 2.71. The molecule has 142 valence electrons. The van der Waals surface area contributed by atoms with Crippen molar-refractivity contribution in [3.05, 3.63) is 88.5 Å². The van der Waals surface area contributed by atoms with E-state index in [9.17, 15) is 13.2 Å². The van der Waals surface area contributed by atoms with Crippen LogP contribution in [0.25, 0.3) is 0 Å². The number of rotatable bonds is 3. The van der Waals surface area contributed by atoms with Gasteiger partial charge in [0, 0.05) is 11.1 Å². The second-order valence-corrected chi connectivity index (χ2v) is 8.14. The second-order valence-electron chi connectivity index (χ2n) is 6.16. The Kier molecular flexibility index (Phi) is 5.72. The fourth-order valence-electron chi connectivity index (χ4n) is 2.60. The van der Waals surface area contributed by atoms with Crippen molar-refractivity contribution in [1.29, 1.82) is 0 Å². The van der Waals surface area contributed by atoms with Crippen molar-refractivity contribution in [1.82, 2.24) is 0 Å². The third kappa shape index (κ3) is 4.18. The molecule has 2 aromatic carbocycles. The molecule has 0 atom stereocenters. The van der Waals surface area contributed by atoms with Crippen molar-refractivity contribution in [2.75, 3.05) is 0 Å². The fourth-order valence-corrected chi connectivity index (χ4v) is 3.76. The van der Waals surface area contributed by atoms with Gasteiger partial charge in [0.15, 0.2) is 11.6 Å². The number of aliphatic imine (C=N–C) groups is 1. The number of hydrogen-bond acceptors (Lipinski definition) is 3. The van der Waals surface area contributed by atoms with Crippen LogP contribution in [0, 0.1) is 0 Å². The second kappa shape index (κ2) is 8.04. The normalized spacial score (nSPS) is 17.1. The van der Waals surface area contributed by atoms with Gasteiger partial charge < -0.3 is 0 Å². The van der Waals surface area contributed by atoms with Gasteiger partial charge in [-0.1, -0.05) is 60.1 Å². The molecule has 0 fully saturated rings. The molecule has 28 heavy (non-hydrogen) atoms. The maximum Gasteiger partial charge on any atom is 0.284 e. The number of allylic oxidation sites excluding steroid dienone is 4. The molecule has 1 aliphatic carbocycles. The zero-order valence-corrected chi connectivity index (χ0v) is 16.8. The molecule has 0 spiro atoms. The minimum absolute atomic E-state index is 0.0104. The Morgan fingerprint density at radius 3 is 2.11 bits per heavy atom. The fraction of sp³-hybridized carbons (Fsp3) is 0.0952. The summed E-state index contributed by atoms with van der Waals surface area (Å²) in [6.07, 6.45) is 1.53. The van der Waals surface area contributed by atoms with E-state index >= 15 is 0 Å². The van der Waals surface area contributed by atoms with Crippen LogP contribution in [-0.4, -0.2) is 25.7 Å². The first-order valence-electron chi connectivity index (χ1n) is 8.43. The van der Waals surface area contributed by atoms with Crippen LogP contribution in [0.2, 0.25) is 0 Å². The third-order valence-corrected chi connectivity index (χ3v) is 5.87. The van der Waals surface area contributed by atoms with Crippen molar-refractivity contribution in [3.8, 4) is 0 Å². The van der Waals surface area contributed by atoms with E-state index in [1.165, 1.54) is 18.2 Å². The van der Waals surface area contributed by atoms with Gasteiger partial charge in [-0.2, -0.15) is 8.42 Å². The van der Waals surface area contributed by atoms with Gasteiger partial charge in [-0.25, -0.2) is 4.99 Å². The summed E-state index contributed by atoms with van der Waals surface area (Å²) in [7, 11) is -3.98. The van der Waals surface area contributed by atoms with Gasteiger partial charge in [0.25, 0.3) is 10.0 Å². The van der Waals surface area contributed by atoms with Crippen LogP contribution in [0.3, 0.4) is 0 Å². The maximum atomic E-state index is 12.7. The Bertz CT molecular complexity index is 1150. The number of amidine groups is 1. The monoisotopic (exact) mass is 412 g/mol. The predicted octanol–water partition coefficient (Wildman–Crippen LogP) is 4.30. The highest BCUT2D eigenvalue weighted by Gasteiger charge is 2.22. The number of ketones is 1. The van der Waals surface area contributed by atoms with E-state index in [4.69, 9.17) is 11.6 Å². The highest BCUT2D eigenvalue weighted by atomic mass is 35.5. The lowest BCUT2D eigenvalue weighted by Crippen LogP contribution is -2.16. The van der Waals surface area contributed by atoms with Gasteiger partial charge in [-0.3, -0.25) is 4.79 Å². The third-order valence-electron chi connectivity index (χ3n) is 4.11. The number of nitrogens with zero attached hydrogens (tertiary/aromatic N) is 2. The first-order chi connectivity index (χ1) is 13.3. The van der Waals surface area contributed by atoms with E-state index in [0.717, 1.165) is 0 Å². The van der Waals surface area contributed by atoms with Gasteiger partial charge in [-0.15, -0.1) is 4.40 Å². The molecule has 2 aromatic rings. The van der Waals surface area contributed by atoms with Crippen LogP contribution in [-0.2, 0) is 14.8 Å². The van der Waals surface area contributed by atoms with Crippen LogP contribution < -0.4 is 0 Å². The van der Waals surface area contributed by atoms with E-state index in [1.54, 1.807) is 62.4 Å². The van der Waals surface area contributed by atoms with Gasteiger partial charge >= 0.3 is 0 Å². The number of benzene rings is 2. The van der Waals surface area contributed by atoms with Crippen LogP contribution >= 0.6 is 11.6 Å². The van der Waals surface area contributed by atoms with Crippen LogP contribution in [0.5, 0.6) is 0 Å². The van der Waals surface area contributed by atoms with E-state index in [-0.39, 0.29) is 21.5 Å². The first-order valence-corrected chi connectivity index (χ1v) is 10.3. The van der Waals surface area contributed by atoms with Gasteiger partial charge in [0.1, 0.15) is 0 Å². The first kappa shape index (κ1) is 19.9. The largest absolute Gasteiger partial charge is 0.289 e. The maximum absolute atomic E-state index is 12.7. The molecule has 7 heteroatoms. The van der Waals surface area contributed by atoms with Crippen LogP contribution in [0.1, 0.15) is 19.4 Å². The van der Waals surface area contributed by atoms with Gasteiger partial charge in [-0.05, 0) is 37.6 Å². The molecule has 0 saturated carbocycles. The van der Waals surface area contributed by atoms with Crippen molar-refractivity contribution < 1.29 is 13.2 Å². The molecule has 0 amide bonds. The van der Waals surface area contributed by atoms with Gasteiger partial charge in [0.2, 0.25) is 0 Å². The van der Waals surface area contributed by atoms with E-state index in [0.29, 0.717) is 22.4 Å². The van der Waals surface area contributed by atoms with Crippen molar-refractivity contribution >= 4 is 39.0 Å². The van der Waals surface area contributed by atoms with E-state index < -0.39 is 10.0 Å². The molecule has 1 aliphatic rings. The zero-order valence-electron chi connectivity index (χ0n) is 15.3. The molecule has 0 bridgehead atoms. The quantitative estimate of drug-likeness (QED) is 0.428. The summed E-state index contributed by atoms with van der Waals surface area (Å²) in [6.45, 7) is 3.27. The number of hydrogen-bond donors (Lipinski definition) is 0. The Balaban J connectivity index is 2.19. The highest BCUT2D eigenvalue weighted by Crippen LogP contribution is 2.23. The molecular weight excluding hydrogens is 396 g/mol. The SMILES string of the molecule is CC1=CC(=N/C(=N\S(=O)(=O)c2ccccc2)c2ccccc2)C(Cl)=C(C)C1=O. The molecular formula is C21H17ClN2O3S. The smallest absolute Gasteiger partial charge is 0.284 e. The Morgan fingerprint density at radius 2 is 1.50 bits per heavy atom. The number of halogens is 1. The summed E-state index contributed by atoms with van der Waals surface area (Å²) in [5, 5.41) is 0.177. The van der Waals surface area contributed by atoms with E-state index in [1.807, 2.05) is 0 Å². The minimum atomic E-state index is -3.98. The molecule has 0 aliphatic heterocycles. The molecule has 0 saturated heterocycles. The van der Waals surface area contributed by atoms with Gasteiger partial charge in [0.05, 0.1) is 15.6 Å². The summed E-state index contributed by atoms with van der Waals surface area (Å²) in [5.41, 5.74) is 1.64. The molecule has 0 aromatic heterocycles. The topological polar surface area (TPSA) is 75.9 Å². The average molecular weight is 413 g/mol. The molecule has 5 nitrogen and oxygen atoms in total. The number of sulfonamides is 1. The van der Waals surface area contributed by atoms with Crippen LogP contribution in [0.15, 0.2) is 97.2 Å². The summed E-state index contributed by atoms with van der Waals surface area (Å²) < 4.78 is 29.4. The molecule has 0 N–H and O–H groups in total. The summed E-state index contributed by atoms with van der Waals surface area (Å²) in [5.74, 6) is -0.178. The predicted molar refractivity (Wildman–Crippen MR) is 111 cm³/mol.